The highest BCUT2D eigenvalue weighted by atomic mass is 16.3. The Kier molecular flexibility index (Phi) is 3.15. The molecule has 0 saturated heterocycles. The van der Waals surface area contributed by atoms with Crippen LogP contribution in [0.5, 0.6) is 0 Å². The Morgan fingerprint density at radius 2 is 1.21 bits per heavy atom. The lowest BCUT2D eigenvalue weighted by molar-refractivity contribution is 0.620. The highest BCUT2D eigenvalue weighted by Gasteiger charge is 2.21. The van der Waals surface area contributed by atoms with Gasteiger partial charge in [0, 0.05) is 44.7 Å². The number of furan rings is 1. The van der Waals surface area contributed by atoms with Gasteiger partial charge in [-0.25, -0.2) is 4.98 Å². The molecule has 0 amide bonds. The molecule has 0 N–H and O–H groups in total. The molecule has 0 bridgehead atoms. The van der Waals surface area contributed by atoms with Crippen molar-refractivity contribution in [3.63, 3.8) is 0 Å². The summed E-state index contributed by atoms with van der Waals surface area (Å²) in [7, 11) is 0. The van der Waals surface area contributed by atoms with E-state index in [4.69, 9.17) is 43.2 Å². The number of para-hydroxylation sites is 1. The van der Waals surface area contributed by atoms with Gasteiger partial charge in [0.15, 0.2) is 5.58 Å². The van der Waals surface area contributed by atoms with Gasteiger partial charge in [-0.3, -0.25) is 0 Å². The maximum Gasteiger partial charge on any atom is 0.228 e. The molecule has 0 aliphatic carbocycles. The molecule has 0 aliphatic rings. The molecule has 262 valence electrons. The average molecular weight is 748 g/mol. The number of oxazole rings is 1. The number of hydrogen-bond acceptors (Lipinski definition) is 4. The van der Waals surface area contributed by atoms with Gasteiger partial charge in [-0.15, -0.1) is 0 Å². The predicted octanol–water partition coefficient (Wildman–Crippen LogP) is 14.6. The summed E-state index contributed by atoms with van der Waals surface area (Å²) in [4.78, 5) is 4.74. The van der Waals surface area contributed by atoms with Crippen LogP contribution in [0.1, 0.15) is 48.1 Å². The van der Waals surface area contributed by atoms with E-state index in [0.717, 1.165) is 0 Å². The molecule has 0 fully saturated rings. The van der Waals surface area contributed by atoms with Gasteiger partial charge < -0.3 is 13.7 Å². The Bertz CT molecular complexity index is 5030. The van der Waals surface area contributed by atoms with Gasteiger partial charge in [0.25, 0.3) is 0 Å². The first-order chi connectivity index (χ1) is 40.6. The van der Waals surface area contributed by atoms with Crippen molar-refractivity contribution in [1.29, 1.82) is 0 Å². The molecule has 9 aromatic carbocycles. The minimum atomic E-state index is -1.31. The molecule has 56 heavy (non-hydrogen) atoms. The van der Waals surface area contributed by atoms with Gasteiger partial charge in [-0.2, -0.15) is 0 Å². The number of benzene rings is 9. The molecule has 0 saturated carbocycles. The molecule has 2 aromatic heterocycles. The van der Waals surface area contributed by atoms with Crippen LogP contribution in [-0.4, -0.2) is 4.98 Å². The molecule has 2 radical (unpaired) electrons. The van der Waals surface area contributed by atoms with Crippen LogP contribution in [0.25, 0.3) is 88.3 Å². The number of aromatic nitrogens is 1. The van der Waals surface area contributed by atoms with Gasteiger partial charge in [0.2, 0.25) is 5.89 Å². The van der Waals surface area contributed by atoms with Crippen molar-refractivity contribution in [2.75, 3.05) is 4.90 Å². The van der Waals surface area contributed by atoms with E-state index < -0.39 is 298 Å². The number of fused-ring (bicyclic) bond motifs is 7. The quantitative estimate of drug-likeness (QED) is 0.170. The molecule has 4 heteroatoms. The fraction of sp³-hybridized carbons (Fsp3) is 0. The molecule has 0 aliphatic heterocycles. The third kappa shape index (κ3) is 5.34. The first kappa shape index (κ1) is 13.7. The van der Waals surface area contributed by atoms with E-state index >= 15 is 0 Å². The summed E-state index contributed by atoms with van der Waals surface area (Å²) >= 11 is 0. The van der Waals surface area contributed by atoms with Crippen molar-refractivity contribution in [1.82, 2.24) is 4.98 Å². The Labute approximate surface area is 367 Å². The van der Waals surface area contributed by atoms with E-state index in [9.17, 15) is 15.1 Å². The third-order valence-corrected chi connectivity index (χ3v) is 8.47. The molecule has 0 unspecified atom stereocenters. The number of nitrogens with zero attached hydrogens (tertiary/aromatic N) is 2. The Morgan fingerprint density at radius 1 is 0.464 bits per heavy atom. The predicted molar refractivity (Wildman–Crippen MR) is 231 cm³/mol. The van der Waals surface area contributed by atoms with Crippen LogP contribution < -0.4 is 4.90 Å². The fourth-order valence-electron chi connectivity index (χ4n) is 6.02. The second-order valence-corrected chi connectivity index (χ2v) is 11.8. The molecular weight excluding hydrogens is 685 g/mol. The smallest absolute Gasteiger partial charge is 0.228 e. The van der Waals surface area contributed by atoms with Crippen LogP contribution in [0.4, 0.5) is 17.1 Å². The van der Waals surface area contributed by atoms with Crippen LogP contribution in [0, 0.1) is 6.92 Å². The van der Waals surface area contributed by atoms with Crippen LogP contribution in [0.15, 0.2) is 196 Å². The lowest BCUT2D eigenvalue weighted by atomic mass is 9.99. The summed E-state index contributed by atoms with van der Waals surface area (Å²) in [6.45, 7) is 5.96. The molecule has 2 heterocycles. The average Bonchev–Trinajstić information content (AvgIpc) is 1.78. The Morgan fingerprint density at radius 3 is 2.12 bits per heavy atom. The number of anilines is 3. The Hall–Kier alpha value is -7.43. The molecule has 11 aromatic rings. The third-order valence-electron chi connectivity index (χ3n) is 8.47. The molecule has 4 nitrogen and oxygen atoms in total. The standard InChI is InChI=1S/C52H32N2O2/c1-33-18-19-35-20-21-38(31-39(35)30-33)34-22-25-40(26-23-34)54(46-16-8-7-13-42(46)36-10-3-2-4-11-36)41-27-28-44-49(32-41)55-47-17-9-15-45(50(44)47)52-53-51-43-14-6-5-12-37(43)24-29-48(51)56-52/h1-32H/i2D,3D,4D,5D,6D,7D,8D,9D,10D,11D,12D,13D,14D,15D,16D,17D,18D,19D,20D,21D,22D,23D,24D,25D,26D,27D,28D,29D,30D,31D,32D. The van der Waals surface area contributed by atoms with Crippen molar-refractivity contribution in [2.24, 2.45) is 0 Å². The zero-order valence-corrected chi connectivity index (χ0v) is 27.8. The van der Waals surface area contributed by atoms with Crippen LogP contribution in [0.3, 0.4) is 0 Å². The van der Waals surface area contributed by atoms with Crippen molar-refractivity contribution in [3.8, 4) is 33.7 Å². The summed E-state index contributed by atoms with van der Waals surface area (Å²) in [5, 5.41) is -3.25. The van der Waals surface area contributed by atoms with Gasteiger partial charge in [0.1, 0.15) is 16.7 Å². The molecule has 11 rings (SSSR count). The zero-order valence-electron chi connectivity index (χ0n) is 58.8. The highest BCUT2D eigenvalue weighted by Crippen LogP contribution is 2.44. The maximum atomic E-state index is 9.99. The van der Waals surface area contributed by atoms with E-state index in [0.29, 0.717) is 4.90 Å². The first-order valence-electron chi connectivity index (χ1n) is 31.7. The van der Waals surface area contributed by atoms with Gasteiger partial charge in [-0.1, -0.05) is 127 Å². The van der Waals surface area contributed by atoms with E-state index in [2.05, 4.69) is 4.98 Å². The highest BCUT2D eigenvalue weighted by molar-refractivity contribution is 6.13. The minimum absolute atomic E-state index is 0.342. The monoisotopic (exact) mass is 747 g/mol. The lowest BCUT2D eigenvalue weighted by Crippen LogP contribution is -2.11. The number of rotatable bonds is 6. The van der Waals surface area contributed by atoms with Crippen molar-refractivity contribution in [2.45, 2.75) is 0 Å². The van der Waals surface area contributed by atoms with Gasteiger partial charge in [0.05, 0.1) is 48.2 Å². The van der Waals surface area contributed by atoms with Gasteiger partial charge >= 0.3 is 0 Å². The largest absolute Gasteiger partial charge is 0.456 e. The van der Waals surface area contributed by atoms with Gasteiger partial charge in [-0.05, 0) is 99.7 Å². The minimum Gasteiger partial charge on any atom is -0.456 e. The van der Waals surface area contributed by atoms with Crippen LogP contribution >= 0.6 is 0 Å². The summed E-state index contributed by atoms with van der Waals surface area (Å²) in [5.41, 5.74) is -11.2. The fourth-order valence-corrected chi connectivity index (χ4v) is 6.02. The molecular formula is C52H32N2O2. The molecule has 0 spiro atoms. The summed E-state index contributed by atoms with van der Waals surface area (Å²) in [6, 6.07) is -31.0. The van der Waals surface area contributed by atoms with Crippen LogP contribution in [0.2, 0.25) is 0 Å². The lowest BCUT2D eigenvalue weighted by Gasteiger charge is -2.28. The van der Waals surface area contributed by atoms with Crippen molar-refractivity contribution >= 4 is 71.6 Å². The number of hydrogen-bond donors (Lipinski definition) is 0. The summed E-state index contributed by atoms with van der Waals surface area (Å²) in [5.74, 6) is -0.737. The second kappa shape index (κ2) is 12.9. The van der Waals surface area contributed by atoms with Crippen LogP contribution in [-0.2, 0) is 0 Å². The maximum absolute atomic E-state index is 9.99. The molecule has 0 atom stereocenters. The van der Waals surface area contributed by atoms with Crippen molar-refractivity contribution in [3.05, 3.63) is 200 Å². The topological polar surface area (TPSA) is 42.4 Å². The van der Waals surface area contributed by atoms with E-state index in [1.165, 1.54) is 0 Å². The summed E-state index contributed by atoms with van der Waals surface area (Å²) in [6.07, 6.45) is 0. The normalized spacial score (nSPS) is 19.4. The summed E-state index contributed by atoms with van der Waals surface area (Å²) < 4.78 is 292. The SMILES string of the molecule is [2H]c1c([2H])c([2H])c(-c2c([2H])c([2H])c([2H])c([2H])c2N(c2c([2H])c([2H])c(-c3c([2H])c([2H])c4c([2H])c([2H])c([CH])c([2H])c4c3[2H])c([2H])c2[2H])c2c([2H])c([2H])c3c(oc4c([2H])c([2H])c([2H])c(-c5nc6c(o5)c([2H])c([2H])c5c([2H])c([2H])c([2H])c([2H])c56)c43)c2[2H])c([2H])c1[2H]. The Balaban J connectivity index is 1.31. The van der Waals surface area contributed by atoms with E-state index in [1.54, 1.807) is 0 Å². The van der Waals surface area contributed by atoms with Crippen molar-refractivity contribution < 1.29 is 51.3 Å². The van der Waals surface area contributed by atoms with E-state index in [1.807, 2.05) is 0 Å². The zero-order chi connectivity index (χ0) is 64.1. The van der Waals surface area contributed by atoms with E-state index in [-0.39, 0.29) is 0 Å². The first-order valence-corrected chi connectivity index (χ1v) is 16.2. The second-order valence-electron chi connectivity index (χ2n) is 11.8.